The van der Waals surface area contributed by atoms with Gasteiger partial charge in [0.25, 0.3) is 0 Å². The smallest absolute Gasteiger partial charge is 0.209 e. The number of nitriles is 3. The lowest BCUT2D eigenvalue weighted by atomic mass is 10.1. The van der Waals surface area contributed by atoms with Gasteiger partial charge in [0.1, 0.15) is 0 Å². The summed E-state index contributed by atoms with van der Waals surface area (Å²) in [6.07, 6.45) is 5.03. The number of nitrogens with zero attached hydrogens (tertiary/aromatic N) is 6. The molecule has 0 saturated carbocycles. The van der Waals surface area contributed by atoms with Crippen molar-refractivity contribution >= 4 is 17.9 Å². The minimum atomic E-state index is -0.598. The van der Waals surface area contributed by atoms with E-state index >= 15 is 0 Å². The zero-order valence-electron chi connectivity index (χ0n) is 14.3. The van der Waals surface area contributed by atoms with E-state index in [2.05, 4.69) is 36.2 Å². The second-order valence-corrected chi connectivity index (χ2v) is 5.49. The highest BCUT2D eigenvalue weighted by atomic mass is 15.2. The average molecular weight is 346 g/mol. The number of nitrogens with one attached hydrogen (secondary N) is 4. The summed E-state index contributed by atoms with van der Waals surface area (Å²) >= 11 is 0. The first-order valence-corrected chi connectivity index (χ1v) is 7.16. The molecule has 0 saturated heterocycles. The second-order valence-electron chi connectivity index (χ2n) is 5.49. The molecule has 134 valence electrons. The normalized spacial score (nSPS) is 13.7. The van der Waals surface area contributed by atoms with Crippen molar-refractivity contribution in [1.82, 2.24) is 21.3 Å². The number of hydrogen-bond acceptors (Lipinski definition) is 6. The molecule has 1 atom stereocenters. The number of hydrogen-bond donors (Lipinski definition) is 6. The van der Waals surface area contributed by atoms with Crippen LogP contribution in [0.4, 0.5) is 0 Å². The van der Waals surface area contributed by atoms with Crippen LogP contribution in [-0.2, 0) is 0 Å². The van der Waals surface area contributed by atoms with Crippen molar-refractivity contribution in [2.45, 2.75) is 32.4 Å². The Morgan fingerprint density at radius 3 is 2.32 bits per heavy atom. The molecule has 0 bridgehead atoms. The fraction of sp³-hybridized carbons (Fsp3) is 0.538. The molecule has 0 aliphatic heterocycles. The van der Waals surface area contributed by atoms with E-state index in [1.165, 1.54) is 0 Å². The molecule has 12 heteroatoms. The van der Waals surface area contributed by atoms with E-state index in [0.717, 1.165) is 0 Å². The molecule has 8 N–H and O–H groups in total. The molecule has 0 amide bonds. The number of rotatable bonds is 6. The molecule has 0 radical (unpaired) electrons. The van der Waals surface area contributed by atoms with Crippen LogP contribution in [0.3, 0.4) is 0 Å². The Labute approximate surface area is 146 Å². The van der Waals surface area contributed by atoms with Crippen molar-refractivity contribution in [1.29, 1.82) is 15.8 Å². The van der Waals surface area contributed by atoms with Crippen LogP contribution in [0.5, 0.6) is 0 Å². The minimum Gasteiger partial charge on any atom is -0.369 e. The molecule has 0 heterocycles. The predicted molar refractivity (Wildman–Crippen MR) is 93.3 cm³/mol. The van der Waals surface area contributed by atoms with E-state index in [0.29, 0.717) is 6.54 Å². The van der Waals surface area contributed by atoms with Crippen molar-refractivity contribution in [3.63, 3.8) is 0 Å². The Balaban J connectivity index is 4.79. The van der Waals surface area contributed by atoms with E-state index in [1.807, 2.05) is 0 Å². The Morgan fingerprint density at radius 1 is 1.12 bits per heavy atom. The summed E-state index contributed by atoms with van der Waals surface area (Å²) in [4.78, 5) is 11.7. The Kier molecular flexibility index (Phi) is 9.29. The molecule has 0 aliphatic carbocycles. The summed E-state index contributed by atoms with van der Waals surface area (Å²) in [5.41, 5.74) is 10.4. The van der Waals surface area contributed by atoms with Crippen LogP contribution >= 0.6 is 0 Å². The summed E-state index contributed by atoms with van der Waals surface area (Å²) in [6.45, 7) is 5.95. The molecule has 0 spiro atoms. The van der Waals surface area contributed by atoms with Gasteiger partial charge in [-0.2, -0.15) is 15.8 Å². The van der Waals surface area contributed by atoms with Gasteiger partial charge in [0, 0.05) is 6.54 Å². The van der Waals surface area contributed by atoms with Crippen LogP contribution in [0.15, 0.2) is 15.0 Å². The summed E-state index contributed by atoms with van der Waals surface area (Å²) in [7, 11) is 0. The standard InChI is InChI=1S/C13H22N12/c1-9(24-10(17)21-6-14)4-19-12(23-8-16)20-5-13(2,3)25-11(18)22-7-15/h9H,4-5H2,1-3H3,(H3,17,21,24)(H3,18,22,25)(H2,19,20,23). The van der Waals surface area contributed by atoms with Crippen molar-refractivity contribution < 1.29 is 0 Å². The topological polar surface area (TPSA) is 209 Å². The molecule has 0 rings (SSSR count). The third-order valence-electron chi connectivity index (χ3n) is 2.55. The van der Waals surface area contributed by atoms with Crippen LogP contribution in [0.25, 0.3) is 0 Å². The van der Waals surface area contributed by atoms with Crippen LogP contribution < -0.4 is 32.7 Å². The third-order valence-corrected chi connectivity index (χ3v) is 2.55. The largest absolute Gasteiger partial charge is 0.369 e. The highest BCUT2D eigenvalue weighted by Crippen LogP contribution is 2.02. The van der Waals surface area contributed by atoms with E-state index in [-0.39, 0.29) is 30.5 Å². The van der Waals surface area contributed by atoms with E-state index in [4.69, 9.17) is 27.3 Å². The maximum Gasteiger partial charge on any atom is 0.209 e. The van der Waals surface area contributed by atoms with Crippen LogP contribution in [0.1, 0.15) is 20.8 Å². The first-order chi connectivity index (χ1) is 11.7. The molecule has 0 aromatic heterocycles. The van der Waals surface area contributed by atoms with Gasteiger partial charge in [-0.1, -0.05) is 0 Å². The first-order valence-electron chi connectivity index (χ1n) is 7.16. The Bertz CT molecular complexity index is 639. The van der Waals surface area contributed by atoms with Crippen molar-refractivity contribution in [2.75, 3.05) is 13.1 Å². The zero-order valence-corrected chi connectivity index (χ0v) is 14.3. The molecule has 0 aromatic rings. The molecular formula is C13H22N12. The summed E-state index contributed by atoms with van der Waals surface area (Å²) in [5.74, 6) is 0.219. The van der Waals surface area contributed by atoms with Gasteiger partial charge in [0.05, 0.1) is 18.1 Å². The van der Waals surface area contributed by atoms with Gasteiger partial charge in [0.2, 0.25) is 24.1 Å². The summed E-state index contributed by atoms with van der Waals surface area (Å²) < 4.78 is 0. The van der Waals surface area contributed by atoms with E-state index in [1.54, 1.807) is 39.4 Å². The quantitative estimate of drug-likeness (QED) is 0.135. The molecular weight excluding hydrogens is 324 g/mol. The highest BCUT2D eigenvalue weighted by Gasteiger charge is 2.18. The van der Waals surface area contributed by atoms with Gasteiger partial charge in [-0.25, -0.2) is 4.99 Å². The van der Waals surface area contributed by atoms with Crippen molar-refractivity contribution in [3.8, 4) is 18.6 Å². The van der Waals surface area contributed by atoms with Gasteiger partial charge in [0.15, 0.2) is 12.4 Å². The number of nitrogens with two attached hydrogens (primary N) is 2. The fourth-order valence-electron chi connectivity index (χ4n) is 1.55. The van der Waals surface area contributed by atoms with Crippen LogP contribution in [-0.4, -0.2) is 42.5 Å². The summed E-state index contributed by atoms with van der Waals surface area (Å²) in [6, 6.07) is -0.268. The van der Waals surface area contributed by atoms with E-state index in [9.17, 15) is 0 Å². The highest BCUT2D eigenvalue weighted by molar-refractivity contribution is 5.82. The van der Waals surface area contributed by atoms with Gasteiger partial charge in [-0.15, -0.1) is 4.99 Å². The van der Waals surface area contributed by atoms with Crippen LogP contribution in [0, 0.1) is 34.4 Å². The van der Waals surface area contributed by atoms with Gasteiger partial charge in [-0.3, -0.25) is 15.6 Å². The monoisotopic (exact) mass is 346 g/mol. The SMILES string of the molecule is CC(CNC(=NCC(C)(C)NC(N)=NC#N)NC#N)N=C(N)NC#N. The second kappa shape index (κ2) is 10.9. The molecule has 1 unspecified atom stereocenters. The summed E-state index contributed by atoms with van der Waals surface area (Å²) in [5, 5.41) is 36.1. The molecule has 12 nitrogen and oxygen atoms in total. The van der Waals surface area contributed by atoms with Crippen LogP contribution in [0.2, 0.25) is 0 Å². The minimum absolute atomic E-state index is 0.00104. The molecule has 0 aliphatic rings. The Hall–Kier alpha value is -3.72. The first kappa shape index (κ1) is 21.3. The van der Waals surface area contributed by atoms with Gasteiger partial charge in [-0.05, 0) is 20.8 Å². The number of guanidine groups is 3. The maximum atomic E-state index is 8.80. The zero-order chi connectivity index (χ0) is 19.3. The fourth-order valence-corrected chi connectivity index (χ4v) is 1.55. The van der Waals surface area contributed by atoms with Crippen molar-refractivity contribution in [3.05, 3.63) is 0 Å². The maximum absolute atomic E-state index is 8.80. The number of aliphatic imine (C=N–C) groups is 3. The predicted octanol–water partition coefficient (Wildman–Crippen LogP) is -2.06. The average Bonchev–Trinajstić information content (AvgIpc) is 2.50. The van der Waals surface area contributed by atoms with Gasteiger partial charge >= 0.3 is 0 Å². The Morgan fingerprint density at radius 2 is 1.76 bits per heavy atom. The molecule has 25 heavy (non-hydrogen) atoms. The van der Waals surface area contributed by atoms with Gasteiger partial charge < -0.3 is 22.1 Å². The van der Waals surface area contributed by atoms with Crippen molar-refractivity contribution in [2.24, 2.45) is 26.4 Å². The molecule has 0 fully saturated rings. The molecule has 0 aromatic carbocycles. The lowest BCUT2D eigenvalue weighted by Gasteiger charge is -2.24. The lowest BCUT2D eigenvalue weighted by molar-refractivity contribution is 0.470. The lowest BCUT2D eigenvalue weighted by Crippen LogP contribution is -2.50. The third kappa shape index (κ3) is 10.6. The van der Waals surface area contributed by atoms with E-state index < -0.39 is 5.54 Å².